The normalized spacial score (nSPS) is 16.5. The van der Waals surface area contributed by atoms with Crippen LogP contribution in [-0.2, 0) is 30.2 Å². The van der Waals surface area contributed by atoms with Crippen molar-refractivity contribution in [1.82, 2.24) is 0 Å². The number of hydrogen-bond acceptors (Lipinski definition) is 7. The molecular formula is C37H59NO6. The fourth-order valence-corrected chi connectivity index (χ4v) is 6.22. The van der Waals surface area contributed by atoms with Crippen molar-refractivity contribution in [2.45, 2.75) is 130 Å². The predicted molar refractivity (Wildman–Crippen MR) is 179 cm³/mol. The molecule has 0 fully saturated rings. The Morgan fingerprint density at radius 1 is 0.773 bits per heavy atom. The lowest BCUT2D eigenvalue weighted by Gasteiger charge is -2.33. The molecule has 1 aliphatic heterocycles. The maximum absolute atomic E-state index is 13.6. The third kappa shape index (κ3) is 12.0. The van der Waals surface area contributed by atoms with E-state index < -0.39 is 23.8 Å². The Kier molecular flexibility index (Phi) is 18.7. The maximum Gasteiger partial charge on any atom is 0.336 e. The minimum atomic E-state index is -0.754. The van der Waals surface area contributed by atoms with Crippen LogP contribution in [0.2, 0.25) is 0 Å². The van der Waals surface area contributed by atoms with Gasteiger partial charge in [0.05, 0.1) is 25.4 Å². The average molecular weight is 614 g/mol. The van der Waals surface area contributed by atoms with Gasteiger partial charge in [0.25, 0.3) is 0 Å². The lowest BCUT2D eigenvalue weighted by Crippen LogP contribution is -2.37. The van der Waals surface area contributed by atoms with Gasteiger partial charge in [-0.1, -0.05) is 96.1 Å². The predicted octanol–water partition coefficient (Wildman–Crippen LogP) is 8.92. The first-order valence-electron chi connectivity index (χ1n) is 17.2. The van der Waals surface area contributed by atoms with Crippen LogP contribution in [0.3, 0.4) is 0 Å². The first-order chi connectivity index (χ1) is 21.4. The SMILES string of the molecule is CCCCCCCCCCCCCCCc1cccc(OCC)c1C1C(C(=O)OCCOC)=C(C)N=C(C)C1C(=O)OCC. The highest BCUT2D eigenvalue weighted by molar-refractivity contribution is 6.07. The zero-order chi connectivity index (χ0) is 32.2. The van der Waals surface area contributed by atoms with E-state index in [1.54, 1.807) is 21.0 Å². The second-order valence-corrected chi connectivity index (χ2v) is 11.8. The number of nitrogens with zero attached hydrogens (tertiary/aromatic N) is 1. The monoisotopic (exact) mass is 613 g/mol. The highest BCUT2D eigenvalue weighted by atomic mass is 16.6. The molecule has 0 saturated carbocycles. The number of benzene rings is 1. The molecule has 1 heterocycles. The Bertz CT molecular complexity index is 1060. The van der Waals surface area contributed by atoms with E-state index in [0.29, 0.717) is 29.3 Å². The fraction of sp³-hybridized carbons (Fsp3) is 0.703. The van der Waals surface area contributed by atoms with Crippen LogP contribution >= 0.6 is 0 Å². The van der Waals surface area contributed by atoms with Crippen LogP contribution in [-0.4, -0.2) is 51.2 Å². The van der Waals surface area contributed by atoms with Crippen molar-refractivity contribution < 1.29 is 28.5 Å². The number of allylic oxidation sites excluding steroid dienone is 1. The third-order valence-electron chi connectivity index (χ3n) is 8.43. The van der Waals surface area contributed by atoms with Crippen molar-refractivity contribution in [1.29, 1.82) is 0 Å². The molecule has 1 aromatic carbocycles. The van der Waals surface area contributed by atoms with Crippen molar-refractivity contribution in [3.63, 3.8) is 0 Å². The molecule has 2 atom stereocenters. The van der Waals surface area contributed by atoms with Gasteiger partial charge in [-0.3, -0.25) is 9.79 Å². The number of aryl methyl sites for hydroxylation is 1. The fourth-order valence-electron chi connectivity index (χ4n) is 6.22. The van der Waals surface area contributed by atoms with Crippen LogP contribution in [0.5, 0.6) is 5.75 Å². The summed E-state index contributed by atoms with van der Waals surface area (Å²) < 4.78 is 22.4. The molecule has 0 bridgehead atoms. The third-order valence-corrected chi connectivity index (χ3v) is 8.43. The maximum atomic E-state index is 13.6. The van der Waals surface area contributed by atoms with E-state index in [1.165, 1.54) is 70.6 Å². The molecule has 0 saturated heterocycles. The molecule has 44 heavy (non-hydrogen) atoms. The highest BCUT2D eigenvalue weighted by Gasteiger charge is 2.44. The lowest BCUT2D eigenvalue weighted by atomic mass is 9.73. The van der Waals surface area contributed by atoms with Gasteiger partial charge in [0, 0.05) is 30.0 Å². The average Bonchev–Trinajstić information content (AvgIpc) is 2.99. The van der Waals surface area contributed by atoms with Crippen LogP contribution in [0.25, 0.3) is 0 Å². The second kappa shape index (κ2) is 21.9. The molecule has 0 amide bonds. The number of unbranched alkanes of at least 4 members (excludes halogenated alkanes) is 12. The molecule has 2 unspecified atom stereocenters. The van der Waals surface area contributed by atoms with Gasteiger partial charge in [0.15, 0.2) is 0 Å². The van der Waals surface area contributed by atoms with Crippen LogP contribution in [0, 0.1) is 5.92 Å². The van der Waals surface area contributed by atoms with Crippen LogP contribution in [0.1, 0.15) is 135 Å². The van der Waals surface area contributed by atoms with E-state index in [0.717, 1.165) is 30.4 Å². The molecule has 2 rings (SSSR count). The molecule has 0 N–H and O–H groups in total. The van der Waals surface area contributed by atoms with Gasteiger partial charge in [0.1, 0.15) is 18.3 Å². The minimum Gasteiger partial charge on any atom is -0.494 e. The van der Waals surface area contributed by atoms with E-state index >= 15 is 0 Å². The first-order valence-corrected chi connectivity index (χ1v) is 17.2. The van der Waals surface area contributed by atoms with Gasteiger partial charge >= 0.3 is 11.9 Å². The van der Waals surface area contributed by atoms with Crippen molar-refractivity contribution >= 4 is 17.7 Å². The number of esters is 2. The molecular weight excluding hydrogens is 554 g/mol. The summed E-state index contributed by atoms with van der Waals surface area (Å²) in [4.78, 5) is 31.7. The van der Waals surface area contributed by atoms with Crippen LogP contribution < -0.4 is 4.74 Å². The molecule has 1 aromatic rings. The van der Waals surface area contributed by atoms with Gasteiger partial charge in [-0.2, -0.15) is 0 Å². The molecule has 7 nitrogen and oxygen atoms in total. The zero-order valence-corrected chi connectivity index (χ0v) is 28.5. The summed E-state index contributed by atoms with van der Waals surface area (Å²) in [6, 6.07) is 6.03. The molecule has 1 aliphatic rings. The van der Waals surface area contributed by atoms with E-state index in [4.69, 9.17) is 18.9 Å². The van der Waals surface area contributed by atoms with Gasteiger partial charge in [-0.05, 0) is 52.2 Å². The molecule has 0 aromatic heterocycles. The number of rotatable bonds is 23. The highest BCUT2D eigenvalue weighted by Crippen LogP contribution is 2.45. The van der Waals surface area contributed by atoms with E-state index in [1.807, 2.05) is 26.0 Å². The Morgan fingerprint density at radius 2 is 1.39 bits per heavy atom. The van der Waals surface area contributed by atoms with Crippen molar-refractivity contribution in [2.75, 3.05) is 33.5 Å². The number of carbonyl (C=O) groups is 2. The lowest BCUT2D eigenvalue weighted by molar-refractivity contribution is -0.146. The standard InChI is InChI=1S/C37H59NO6/c1-7-10-11-12-13-14-15-16-17-18-19-20-21-23-30-24-22-25-31(42-8-2)34(30)35-32(36(39)43-9-3)28(4)38-29(5)33(35)37(40)44-27-26-41-6/h22,24-25,32,35H,7-21,23,26-27H2,1-6H3. The number of methoxy groups -OCH3 is 1. The Labute approximate surface area is 267 Å². The summed E-state index contributed by atoms with van der Waals surface area (Å²) in [6.07, 6.45) is 17.7. The number of hydrogen-bond donors (Lipinski definition) is 0. The van der Waals surface area contributed by atoms with Crippen LogP contribution in [0.4, 0.5) is 0 Å². The van der Waals surface area contributed by atoms with Crippen molar-refractivity contribution in [3.05, 3.63) is 40.6 Å². The largest absolute Gasteiger partial charge is 0.494 e. The molecule has 0 spiro atoms. The van der Waals surface area contributed by atoms with Gasteiger partial charge in [0.2, 0.25) is 0 Å². The van der Waals surface area contributed by atoms with Crippen molar-refractivity contribution in [3.8, 4) is 5.75 Å². The Morgan fingerprint density at radius 3 is 1.95 bits per heavy atom. The first kappa shape index (κ1) is 37.5. The number of carbonyl (C=O) groups excluding carboxylic acids is 2. The van der Waals surface area contributed by atoms with Crippen LogP contribution in [0.15, 0.2) is 34.5 Å². The summed E-state index contributed by atoms with van der Waals surface area (Å²) in [5.41, 5.74) is 3.50. The summed E-state index contributed by atoms with van der Waals surface area (Å²) in [6.45, 7) is 10.7. The van der Waals surface area contributed by atoms with Crippen molar-refractivity contribution in [2.24, 2.45) is 10.9 Å². The summed E-state index contributed by atoms with van der Waals surface area (Å²) >= 11 is 0. The van der Waals surface area contributed by atoms with Gasteiger partial charge in [-0.25, -0.2) is 4.79 Å². The summed E-state index contributed by atoms with van der Waals surface area (Å²) in [5.74, 6) is -1.58. The minimum absolute atomic E-state index is 0.116. The molecule has 0 radical (unpaired) electrons. The van der Waals surface area contributed by atoms with Gasteiger partial charge in [-0.15, -0.1) is 0 Å². The topological polar surface area (TPSA) is 83.4 Å². The molecule has 0 aliphatic carbocycles. The van der Waals surface area contributed by atoms with E-state index in [9.17, 15) is 9.59 Å². The number of ether oxygens (including phenoxy) is 4. The molecule has 7 heteroatoms. The zero-order valence-electron chi connectivity index (χ0n) is 28.5. The Balaban J connectivity index is 2.20. The van der Waals surface area contributed by atoms with E-state index in [-0.39, 0.29) is 19.8 Å². The molecule has 248 valence electrons. The van der Waals surface area contributed by atoms with E-state index in [2.05, 4.69) is 18.0 Å². The Hall–Kier alpha value is -2.67. The smallest absolute Gasteiger partial charge is 0.336 e. The number of aliphatic imine (C=N–C) groups is 1. The quantitative estimate of drug-likeness (QED) is 0.0905. The van der Waals surface area contributed by atoms with Gasteiger partial charge < -0.3 is 18.9 Å². The summed E-state index contributed by atoms with van der Waals surface area (Å²) in [5, 5.41) is 0. The second-order valence-electron chi connectivity index (χ2n) is 11.8. The summed E-state index contributed by atoms with van der Waals surface area (Å²) in [7, 11) is 1.56.